The predicted octanol–water partition coefficient (Wildman–Crippen LogP) is 2.99. The van der Waals surface area contributed by atoms with Gasteiger partial charge in [-0.05, 0) is 30.2 Å². The van der Waals surface area contributed by atoms with Crippen LogP contribution in [-0.4, -0.2) is 45.4 Å². The van der Waals surface area contributed by atoms with Crippen LogP contribution < -0.4 is 10.2 Å². The molecule has 0 saturated carbocycles. The Balaban J connectivity index is 1.47. The number of hydrogen-bond donors (Lipinski definition) is 2. The molecule has 2 N–H and O–H groups in total. The fraction of sp³-hybridized carbons (Fsp3) is 0.208. The Hall–Kier alpha value is -3.89. The maximum atomic E-state index is 10.1. The van der Waals surface area contributed by atoms with Crippen molar-refractivity contribution in [2.75, 3.05) is 24.5 Å². The van der Waals surface area contributed by atoms with E-state index in [0.29, 0.717) is 17.1 Å². The second-order valence-electron chi connectivity index (χ2n) is 7.72. The molecule has 0 amide bonds. The van der Waals surface area contributed by atoms with Crippen LogP contribution in [0.4, 0.5) is 5.82 Å². The first kappa shape index (κ1) is 19.1. The number of hydrogen-bond acceptors (Lipinski definition) is 6. The normalized spacial score (nSPS) is 16.4. The number of fused-ring (bicyclic) bond motifs is 1. The van der Waals surface area contributed by atoms with Gasteiger partial charge in [0.25, 0.3) is 0 Å². The zero-order valence-electron chi connectivity index (χ0n) is 16.9. The second kappa shape index (κ2) is 8.09. The third-order valence-corrected chi connectivity index (χ3v) is 5.74. The lowest BCUT2D eigenvalue weighted by molar-refractivity contribution is 0.470. The minimum atomic E-state index is 0.0872. The highest BCUT2D eigenvalue weighted by molar-refractivity contribution is 5.85. The van der Waals surface area contributed by atoms with Gasteiger partial charge in [-0.25, -0.2) is 9.50 Å². The van der Waals surface area contributed by atoms with E-state index in [1.165, 1.54) is 22.5 Å². The molecular formula is C24H22N6O. The maximum Gasteiger partial charge on any atom is 0.134 e. The van der Waals surface area contributed by atoms with E-state index in [1.807, 2.05) is 18.2 Å². The van der Waals surface area contributed by atoms with Crippen molar-refractivity contribution in [3.63, 3.8) is 0 Å². The number of nitriles is 1. The van der Waals surface area contributed by atoms with Gasteiger partial charge in [-0.2, -0.15) is 10.4 Å². The summed E-state index contributed by atoms with van der Waals surface area (Å²) in [6, 6.07) is 18.7. The molecule has 4 heterocycles. The Bertz CT molecular complexity index is 1240. The number of benzene rings is 1. The lowest BCUT2D eigenvalue weighted by atomic mass is 10.0. The molecule has 1 unspecified atom stereocenters. The number of nitrogens with one attached hydrogen (secondary N) is 1. The van der Waals surface area contributed by atoms with Gasteiger partial charge in [0.15, 0.2) is 0 Å². The van der Waals surface area contributed by atoms with Gasteiger partial charge in [-0.3, -0.25) is 0 Å². The van der Waals surface area contributed by atoms with Crippen LogP contribution in [0.5, 0.6) is 5.75 Å². The maximum absolute atomic E-state index is 10.1. The third kappa shape index (κ3) is 3.69. The summed E-state index contributed by atoms with van der Waals surface area (Å²) in [5.41, 5.74) is 4.00. The predicted molar refractivity (Wildman–Crippen MR) is 119 cm³/mol. The number of anilines is 1. The largest absolute Gasteiger partial charge is 0.506 e. The Labute approximate surface area is 180 Å². The van der Waals surface area contributed by atoms with Crippen molar-refractivity contribution in [3.05, 3.63) is 78.2 Å². The molecule has 1 aliphatic heterocycles. The van der Waals surface area contributed by atoms with Crippen molar-refractivity contribution in [2.45, 2.75) is 12.5 Å². The van der Waals surface area contributed by atoms with E-state index >= 15 is 0 Å². The van der Waals surface area contributed by atoms with Gasteiger partial charge in [-0.15, -0.1) is 0 Å². The van der Waals surface area contributed by atoms with Crippen LogP contribution in [0, 0.1) is 11.3 Å². The third-order valence-electron chi connectivity index (χ3n) is 5.74. The van der Waals surface area contributed by atoms with Crippen LogP contribution in [0.25, 0.3) is 16.6 Å². The monoisotopic (exact) mass is 410 g/mol. The molecule has 1 atom stereocenters. The summed E-state index contributed by atoms with van der Waals surface area (Å²) in [6.07, 6.45) is 5.76. The molecule has 3 aromatic heterocycles. The van der Waals surface area contributed by atoms with Crippen LogP contribution in [0.2, 0.25) is 0 Å². The lowest BCUT2D eigenvalue weighted by Crippen LogP contribution is -2.52. The van der Waals surface area contributed by atoms with Crippen molar-refractivity contribution < 1.29 is 5.11 Å². The number of aromatic hydroxyl groups is 1. The highest BCUT2D eigenvalue weighted by Crippen LogP contribution is 2.31. The van der Waals surface area contributed by atoms with Crippen LogP contribution in [0.3, 0.4) is 0 Å². The average Bonchev–Trinajstić information content (AvgIpc) is 3.22. The van der Waals surface area contributed by atoms with Crippen molar-refractivity contribution in [1.82, 2.24) is 19.9 Å². The first-order valence-corrected chi connectivity index (χ1v) is 10.3. The molecule has 1 aliphatic rings. The molecule has 1 aromatic carbocycles. The number of nitrogens with zero attached hydrogens (tertiary/aromatic N) is 5. The van der Waals surface area contributed by atoms with Gasteiger partial charge in [0, 0.05) is 43.0 Å². The molecule has 7 nitrogen and oxygen atoms in total. The molecule has 0 radical (unpaired) electrons. The van der Waals surface area contributed by atoms with Gasteiger partial charge in [0.2, 0.25) is 0 Å². The van der Waals surface area contributed by atoms with Gasteiger partial charge in [-0.1, -0.05) is 30.3 Å². The second-order valence-corrected chi connectivity index (χ2v) is 7.72. The Morgan fingerprint density at radius 2 is 2.03 bits per heavy atom. The van der Waals surface area contributed by atoms with Crippen LogP contribution >= 0.6 is 0 Å². The average molecular weight is 410 g/mol. The standard InChI is InChI=1S/C24H22N6O/c25-12-19-14-28-30-16-21(31)11-22(24(19)30)18-6-7-23(27-13-18)29-9-8-26-15-20(29)10-17-4-2-1-3-5-17/h1-7,11,13-14,16,20,26,31H,8-10,15H2. The number of piperazine rings is 1. The van der Waals surface area contributed by atoms with E-state index in [4.69, 9.17) is 4.98 Å². The van der Waals surface area contributed by atoms with E-state index in [9.17, 15) is 10.4 Å². The lowest BCUT2D eigenvalue weighted by Gasteiger charge is -2.37. The summed E-state index contributed by atoms with van der Waals surface area (Å²) in [5.74, 6) is 1.01. The zero-order chi connectivity index (χ0) is 21.2. The minimum Gasteiger partial charge on any atom is -0.506 e. The van der Waals surface area contributed by atoms with Crippen molar-refractivity contribution in [1.29, 1.82) is 5.26 Å². The molecule has 0 spiro atoms. The Kier molecular flexibility index (Phi) is 4.98. The van der Waals surface area contributed by atoms with Crippen molar-refractivity contribution in [2.24, 2.45) is 0 Å². The first-order chi connectivity index (χ1) is 15.2. The Morgan fingerprint density at radius 1 is 1.16 bits per heavy atom. The van der Waals surface area contributed by atoms with E-state index in [-0.39, 0.29) is 5.75 Å². The topological polar surface area (TPSA) is 89.5 Å². The van der Waals surface area contributed by atoms with Crippen molar-refractivity contribution in [3.8, 4) is 22.9 Å². The van der Waals surface area contributed by atoms with Gasteiger partial charge >= 0.3 is 0 Å². The fourth-order valence-electron chi connectivity index (χ4n) is 4.26. The molecule has 154 valence electrons. The van der Waals surface area contributed by atoms with Gasteiger partial charge in [0.05, 0.1) is 23.5 Å². The van der Waals surface area contributed by atoms with Crippen molar-refractivity contribution >= 4 is 11.3 Å². The van der Waals surface area contributed by atoms with Crippen LogP contribution in [0.1, 0.15) is 11.1 Å². The number of pyridine rings is 2. The fourth-order valence-corrected chi connectivity index (χ4v) is 4.26. The van der Waals surface area contributed by atoms with Crippen LogP contribution in [-0.2, 0) is 6.42 Å². The molecule has 0 aliphatic carbocycles. The molecule has 1 saturated heterocycles. The molecule has 4 aromatic rings. The first-order valence-electron chi connectivity index (χ1n) is 10.3. The quantitative estimate of drug-likeness (QED) is 0.538. The number of aromatic nitrogens is 3. The minimum absolute atomic E-state index is 0.0872. The summed E-state index contributed by atoms with van der Waals surface area (Å²) < 4.78 is 1.53. The molecular weight excluding hydrogens is 388 g/mol. The summed E-state index contributed by atoms with van der Waals surface area (Å²) in [4.78, 5) is 7.10. The highest BCUT2D eigenvalue weighted by Gasteiger charge is 2.24. The summed E-state index contributed by atoms with van der Waals surface area (Å²) in [7, 11) is 0. The van der Waals surface area contributed by atoms with E-state index in [0.717, 1.165) is 43.0 Å². The summed E-state index contributed by atoms with van der Waals surface area (Å²) in [6.45, 7) is 2.72. The SMILES string of the molecule is N#Cc1cnn2cc(O)cc(-c3ccc(N4CCNCC4Cc4ccccc4)nc3)c12. The van der Waals surface area contributed by atoms with E-state index in [2.05, 4.69) is 45.7 Å². The van der Waals surface area contributed by atoms with E-state index < -0.39 is 0 Å². The summed E-state index contributed by atoms with van der Waals surface area (Å²) >= 11 is 0. The van der Waals surface area contributed by atoms with Crippen LogP contribution in [0.15, 0.2) is 67.1 Å². The number of rotatable bonds is 4. The molecule has 5 rings (SSSR count). The van der Waals surface area contributed by atoms with Gasteiger partial charge in [0.1, 0.15) is 17.6 Å². The Morgan fingerprint density at radius 3 is 2.81 bits per heavy atom. The van der Waals surface area contributed by atoms with Gasteiger partial charge < -0.3 is 15.3 Å². The molecule has 7 heteroatoms. The van der Waals surface area contributed by atoms with E-state index in [1.54, 1.807) is 12.3 Å². The molecule has 1 fully saturated rings. The summed E-state index contributed by atoms with van der Waals surface area (Å²) in [5, 5.41) is 27.2. The molecule has 31 heavy (non-hydrogen) atoms. The zero-order valence-corrected chi connectivity index (χ0v) is 16.9. The smallest absolute Gasteiger partial charge is 0.134 e. The highest BCUT2D eigenvalue weighted by atomic mass is 16.3. The molecule has 0 bridgehead atoms.